The number of nitrogens with one attached hydrogen (secondary N) is 1. The zero-order chi connectivity index (χ0) is 16.2. The fraction of sp³-hybridized carbons (Fsp3) is 0.357. The summed E-state index contributed by atoms with van der Waals surface area (Å²) in [4.78, 5) is 2.29. The monoisotopic (exact) mass is 403 g/mol. The minimum Gasteiger partial charge on any atom is -0.359 e. The van der Waals surface area contributed by atoms with E-state index in [2.05, 4.69) is 27.8 Å². The van der Waals surface area contributed by atoms with Crippen LogP contribution in [0.3, 0.4) is 0 Å². The Hall–Kier alpha value is -0.960. The summed E-state index contributed by atoms with van der Waals surface area (Å²) in [5.41, 5.74) is 0. The molecule has 8 heteroatoms. The average Bonchev–Trinajstić information content (AvgIpc) is 2.53. The van der Waals surface area contributed by atoms with Crippen molar-refractivity contribution in [1.29, 1.82) is 0 Å². The van der Waals surface area contributed by atoms with Crippen LogP contribution < -0.4 is 5.32 Å². The lowest BCUT2D eigenvalue weighted by atomic mass is 10.4. The normalized spacial score (nSPS) is 16.3. The molecular formula is C14H18BrN3O2S2. The lowest BCUT2D eigenvalue weighted by molar-refractivity contribution is 0.264. The van der Waals surface area contributed by atoms with Crippen molar-refractivity contribution in [3.8, 4) is 0 Å². The molecule has 1 aromatic carbocycles. The Bertz CT molecular complexity index is 639. The third kappa shape index (κ3) is 4.07. The van der Waals surface area contributed by atoms with Gasteiger partial charge in [0.1, 0.15) is 0 Å². The first-order valence-electron chi connectivity index (χ1n) is 6.84. The maximum atomic E-state index is 12.6. The predicted octanol–water partition coefficient (Wildman–Crippen LogP) is 1.82. The lowest BCUT2D eigenvalue weighted by Crippen LogP contribution is -2.53. The molecule has 1 saturated heterocycles. The van der Waals surface area contributed by atoms with Crippen LogP contribution >= 0.6 is 28.1 Å². The number of piperazine rings is 1. The number of thiocarbonyl (C=S) groups is 1. The number of hydrogen-bond acceptors (Lipinski definition) is 3. The van der Waals surface area contributed by atoms with Gasteiger partial charge >= 0.3 is 0 Å². The summed E-state index contributed by atoms with van der Waals surface area (Å²) in [6.45, 7) is 6.25. The van der Waals surface area contributed by atoms with Crippen LogP contribution in [0.15, 0.2) is 46.3 Å². The van der Waals surface area contributed by atoms with E-state index in [0.29, 0.717) is 42.7 Å². The Labute approximate surface area is 145 Å². The van der Waals surface area contributed by atoms with E-state index in [4.69, 9.17) is 12.2 Å². The van der Waals surface area contributed by atoms with Gasteiger partial charge in [-0.1, -0.05) is 22.0 Å². The number of benzene rings is 1. The number of sulfonamides is 1. The van der Waals surface area contributed by atoms with Gasteiger partial charge in [-0.2, -0.15) is 4.31 Å². The minimum absolute atomic E-state index is 0.316. The van der Waals surface area contributed by atoms with Crippen molar-refractivity contribution < 1.29 is 8.42 Å². The Morgan fingerprint density at radius 3 is 2.41 bits per heavy atom. The molecule has 0 aromatic heterocycles. The van der Waals surface area contributed by atoms with Crippen molar-refractivity contribution in [3.63, 3.8) is 0 Å². The van der Waals surface area contributed by atoms with E-state index in [1.165, 1.54) is 4.31 Å². The summed E-state index contributed by atoms with van der Waals surface area (Å²) in [5, 5.41) is 3.70. The molecule has 1 fully saturated rings. The summed E-state index contributed by atoms with van der Waals surface area (Å²) in [7, 11) is -3.44. The first kappa shape index (κ1) is 17.4. The molecule has 0 spiro atoms. The van der Waals surface area contributed by atoms with Gasteiger partial charge in [0, 0.05) is 37.2 Å². The van der Waals surface area contributed by atoms with Gasteiger partial charge in [-0.25, -0.2) is 8.42 Å². The van der Waals surface area contributed by atoms with Crippen molar-refractivity contribution >= 4 is 43.3 Å². The van der Waals surface area contributed by atoms with Crippen molar-refractivity contribution in [2.24, 2.45) is 0 Å². The molecule has 0 aliphatic carbocycles. The lowest BCUT2D eigenvalue weighted by Gasteiger charge is -2.35. The number of hydrogen-bond donors (Lipinski definition) is 1. The van der Waals surface area contributed by atoms with Crippen LogP contribution in [0.5, 0.6) is 0 Å². The van der Waals surface area contributed by atoms with Crippen LogP contribution in [0, 0.1) is 0 Å². The second-order valence-corrected chi connectivity index (χ2v) is 8.06. The maximum absolute atomic E-state index is 12.6. The fourth-order valence-corrected chi connectivity index (χ4v) is 4.11. The molecule has 2 rings (SSSR count). The van der Waals surface area contributed by atoms with Crippen LogP contribution in [-0.2, 0) is 10.0 Å². The highest BCUT2D eigenvalue weighted by Crippen LogP contribution is 2.20. The van der Waals surface area contributed by atoms with Gasteiger partial charge in [0.25, 0.3) is 0 Å². The van der Waals surface area contributed by atoms with E-state index in [0.717, 1.165) is 4.47 Å². The van der Waals surface area contributed by atoms with E-state index < -0.39 is 10.0 Å². The topological polar surface area (TPSA) is 52.6 Å². The largest absolute Gasteiger partial charge is 0.359 e. The first-order valence-corrected chi connectivity index (χ1v) is 9.48. The Morgan fingerprint density at radius 2 is 1.86 bits per heavy atom. The molecule has 1 aliphatic rings. The number of halogens is 1. The van der Waals surface area contributed by atoms with Crippen LogP contribution in [0.2, 0.25) is 0 Å². The molecule has 1 N–H and O–H groups in total. The van der Waals surface area contributed by atoms with Crippen molar-refractivity contribution in [1.82, 2.24) is 14.5 Å². The summed E-state index contributed by atoms with van der Waals surface area (Å²) in [6.07, 6.45) is 1.74. The molecule has 1 heterocycles. The van der Waals surface area contributed by atoms with E-state index in [1.54, 1.807) is 30.3 Å². The summed E-state index contributed by atoms with van der Waals surface area (Å²) in [6, 6.07) is 6.69. The van der Waals surface area contributed by atoms with Crippen LogP contribution in [0.1, 0.15) is 0 Å². The first-order chi connectivity index (χ1) is 10.4. The van der Waals surface area contributed by atoms with Crippen LogP contribution in [0.4, 0.5) is 0 Å². The molecule has 1 aliphatic heterocycles. The van der Waals surface area contributed by atoms with Gasteiger partial charge in [-0.15, -0.1) is 6.58 Å². The van der Waals surface area contributed by atoms with Crippen molar-refractivity contribution in [2.45, 2.75) is 4.90 Å². The number of nitrogens with zero attached hydrogens (tertiary/aromatic N) is 2. The molecule has 5 nitrogen and oxygen atoms in total. The second kappa shape index (κ2) is 7.54. The van der Waals surface area contributed by atoms with E-state index in [9.17, 15) is 8.42 Å². The van der Waals surface area contributed by atoms with Gasteiger partial charge in [-0.05, 0) is 36.5 Å². The molecule has 0 unspecified atom stereocenters. The fourth-order valence-electron chi connectivity index (χ4n) is 2.16. The van der Waals surface area contributed by atoms with Gasteiger partial charge in [0.05, 0.1) is 4.90 Å². The van der Waals surface area contributed by atoms with Crippen LogP contribution in [0.25, 0.3) is 0 Å². The molecule has 0 amide bonds. The SMILES string of the molecule is C=CCNC(=S)N1CCN(S(=O)(=O)c2ccc(Br)cc2)CC1. The van der Waals surface area contributed by atoms with Gasteiger partial charge in [-0.3, -0.25) is 0 Å². The van der Waals surface area contributed by atoms with Gasteiger partial charge < -0.3 is 10.2 Å². The standard InChI is InChI=1S/C14H18BrN3O2S2/c1-2-7-16-14(21)17-8-10-18(11-9-17)22(19,20)13-5-3-12(15)4-6-13/h2-6H,1,7-11H2,(H,16,21). The predicted molar refractivity (Wildman–Crippen MR) is 95.3 cm³/mol. The molecule has 0 saturated carbocycles. The average molecular weight is 404 g/mol. The summed E-state index contributed by atoms with van der Waals surface area (Å²) >= 11 is 8.58. The highest BCUT2D eigenvalue weighted by Gasteiger charge is 2.29. The quantitative estimate of drug-likeness (QED) is 0.613. The van der Waals surface area contributed by atoms with Gasteiger partial charge in [0.15, 0.2) is 5.11 Å². The second-order valence-electron chi connectivity index (χ2n) is 4.82. The Balaban J connectivity index is 2.00. The smallest absolute Gasteiger partial charge is 0.243 e. The van der Waals surface area contributed by atoms with Gasteiger partial charge in [0.2, 0.25) is 10.0 Å². The minimum atomic E-state index is -3.44. The Morgan fingerprint density at radius 1 is 1.27 bits per heavy atom. The zero-order valence-electron chi connectivity index (χ0n) is 12.0. The highest BCUT2D eigenvalue weighted by molar-refractivity contribution is 9.10. The third-order valence-corrected chi connectivity index (χ3v) is 6.22. The Kier molecular flexibility index (Phi) is 5.96. The van der Waals surface area contributed by atoms with E-state index in [-0.39, 0.29) is 0 Å². The van der Waals surface area contributed by atoms with E-state index in [1.807, 2.05) is 4.90 Å². The third-order valence-electron chi connectivity index (χ3n) is 3.37. The zero-order valence-corrected chi connectivity index (χ0v) is 15.3. The molecule has 22 heavy (non-hydrogen) atoms. The summed E-state index contributed by atoms with van der Waals surface area (Å²) in [5.74, 6) is 0. The molecule has 1 aromatic rings. The molecular weight excluding hydrogens is 386 g/mol. The number of rotatable bonds is 4. The molecule has 120 valence electrons. The molecule has 0 bridgehead atoms. The van der Waals surface area contributed by atoms with Crippen molar-refractivity contribution in [2.75, 3.05) is 32.7 Å². The van der Waals surface area contributed by atoms with Crippen LogP contribution in [-0.4, -0.2) is 55.5 Å². The molecule has 0 atom stereocenters. The van der Waals surface area contributed by atoms with E-state index >= 15 is 0 Å². The maximum Gasteiger partial charge on any atom is 0.243 e. The highest BCUT2D eigenvalue weighted by atomic mass is 79.9. The molecule has 0 radical (unpaired) electrons. The van der Waals surface area contributed by atoms with Crippen molar-refractivity contribution in [3.05, 3.63) is 41.4 Å². The summed E-state index contributed by atoms with van der Waals surface area (Å²) < 4.78 is 27.5.